The first-order valence-electron chi connectivity index (χ1n) is 7.00. The first-order valence-corrected chi connectivity index (χ1v) is 7.00. The molecule has 5 nitrogen and oxygen atoms in total. The molecule has 20 heavy (non-hydrogen) atoms. The number of anilines is 2. The molecule has 1 aromatic rings. The Labute approximate surface area is 119 Å². The quantitative estimate of drug-likeness (QED) is 0.859. The van der Waals surface area contributed by atoms with Crippen molar-refractivity contribution in [1.82, 2.24) is 0 Å². The number of hydrogen-bond donors (Lipinski definition) is 2. The molecular formula is C15H21N3O2. The Morgan fingerprint density at radius 2 is 2.30 bits per heavy atom. The van der Waals surface area contributed by atoms with Crippen molar-refractivity contribution in [3.8, 4) is 0 Å². The minimum Gasteiger partial charge on any atom is -0.330 e. The monoisotopic (exact) mass is 275 g/mol. The van der Waals surface area contributed by atoms with Crippen molar-refractivity contribution in [2.45, 2.75) is 26.2 Å². The molecule has 2 amide bonds. The van der Waals surface area contributed by atoms with E-state index < -0.39 is 0 Å². The predicted octanol–water partition coefficient (Wildman–Crippen LogP) is 1.74. The fourth-order valence-corrected chi connectivity index (χ4v) is 2.28. The van der Waals surface area contributed by atoms with Gasteiger partial charge in [0.25, 0.3) is 0 Å². The van der Waals surface area contributed by atoms with Crippen LogP contribution in [0.15, 0.2) is 24.3 Å². The van der Waals surface area contributed by atoms with Crippen LogP contribution < -0.4 is 16.0 Å². The Bertz CT molecular complexity index is 502. The summed E-state index contributed by atoms with van der Waals surface area (Å²) < 4.78 is 0. The average molecular weight is 275 g/mol. The summed E-state index contributed by atoms with van der Waals surface area (Å²) in [7, 11) is 0. The first kappa shape index (κ1) is 14.5. The zero-order valence-electron chi connectivity index (χ0n) is 11.8. The van der Waals surface area contributed by atoms with Crippen LogP contribution in [-0.2, 0) is 9.59 Å². The molecule has 0 bridgehead atoms. The highest BCUT2D eigenvalue weighted by molar-refractivity contribution is 5.97. The number of nitrogens with one attached hydrogen (secondary N) is 1. The largest absolute Gasteiger partial charge is 0.330 e. The summed E-state index contributed by atoms with van der Waals surface area (Å²) in [6.07, 6.45) is 1.90. The van der Waals surface area contributed by atoms with E-state index in [0.717, 1.165) is 24.3 Å². The second-order valence-electron chi connectivity index (χ2n) is 5.29. The van der Waals surface area contributed by atoms with Crippen molar-refractivity contribution < 1.29 is 9.59 Å². The summed E-state index contributed by atoms with van der Waals surface area (Å²) in [6.45, 7) is 3.19. The van der Waals surface area contributed by atoms with Crippen LogP contribution in [0.4, 0.5) is 11.4 Å². The molecule has 1 fully saturated rings. The molecule has 5 heteroatoms. The summed E-state index contributed by atoms with van der Waals surface area (Å²) in [5, 5.41) is 2.85. The van der Waals surface area contributed by atoms with Gasteiger partial charge in [-0.15, -0.1) is 0 Å². The molecule has 1 saturated heterocycles. The van der Waals surface area contributed by atoms with Crippen LogP contribution in [-0.4, -0.2) is 24.9 Å². The molecule has 1 heterocycles. The van der Waals surface area contributed by atoms with Crippen molar-refractivity contribution in [2.24, 2.45) is 11.7 Å². The molecule has 0 radical (unpaired) electrons. The summed E-state index contributed by atoms with van der Waals surface area (Å²) in [6, 6.07) is 7.41. The van der Waals surface area contributed by atoms with Crippen LogP contribution in [0.3, 0.4) is 0 Å². The average Bonchev–Trinajstić information content (AvgIpc) is 2.85. The van der Waals surface area contributed by atoms with Gasteiger partial charge in [-0.25, -0.2) is 0 Å². The van der Waals surface area contributed by atoms with Crippen molar-refractivity contribution in [1.29, 1.82) is 0 Å². The van der Waals surface area contributed by atoms with Crippen LogP contribution in [0.1, 0.15) is 26.2 Å². The van der Waals surface area contributed by atoms with Gasteiger partial charge < -0.3 is 16.0 Å². The first-order chi connectivity index (χ1) is 9.60. The number of rotatable bonds is 5. The molecule has 3 N–H and O–H groups in total. The third-order valence-electron chi connectivity index (χ3n) is 3.45. The van der Waals surface area contributed by atoms with Gasteiger partial charge in [-0.2, -0.15) is 0 Å². The van der Waals surface area contributed by atoms with Gasteiger partial charge in [0.1, 0.15) is 0 Å². The number of carbonyl (C=O) groups is 2. The fraction of sp³-hybridized carbons (Fsp3) is 0.467. The van der Waals surface area contributed by atoms with E-state index in [4.69, 9.17) is 5.73 Å². The van der Waals surface area contributed by atoms with Crippen molar-refractivity contribution in [3.63, 3.8) is 0 Å². The van der Waals surface area contributed by atoms with Gasteiger partial charge in [0.2, 0.25) is 11.8 Å². The van der Waals surface area contributed by atoms with Crippen LogP contribution in [0, 0.1) is 5.92 Å². The third kappa shape index (κ3) is 3.57. The molecular weight excluding hydrogens is 254 g/mol. The molecule has 0 spiro atoms. The summed E-state index contributed by atoms with van der Waals surface area (Å²) >= 11 is 0. The molecule has 2 rings (SSSR count). The molecule has 108 valence electrons. The zero-order chi connectivity index (χ0) is 14.5. The van der Waals surface area contributed by atoms with Crippen molar-refractivity contribution in [2.75, 3.05) is 23.3 Å². The van der Waals surface area contributed by atoms with E-state index in [1.54, 1.807) is 4.90 Å². The Hall–Kier alpha value is -1.88. The summed E-state index contributed by atoms with van der Waals surface area (Å²) in [5.41, 5.74) is 7.08. The van der Waals surface area contributed by atoms with Gasteiger partial charge in [0, 0.05) is 30.8 Å². The lowest BCUT2D eigenvalue weighted by atomic mass is 10.1. The van der Waals surface area contributed by atoms with Crippen molar-refractivity contribution in [3.05, 3.63) is 24.3 Å². The molecule has 1 aromatic carbocycles. The normalized spacial score (nSPS) is 16.3. The third-order valence-corrected chi connectivity index (χ3v) is 3.45. The second-order valence-corrected chi connectivity index (χ2v) is 5.29. The summed E-state index contributed by atoms with van der Waals surface area (Å²) in [5.74, 6) is 0.261. The lowest BCUT2D eigenvalue weighted by molar-refractivity contribution is -0.117. The van der Waals surface area contributed by atoms with Crippen LogP contribution >= 0.6 is 0 Å². The topological polar surface area (TPSA) is 75.4 Å². The van der Waals surface area contributed by atoms with E-state index in [1.807, 2.05) is 31.2 Å². The maximum absolute atomic E-state index is 11.8. The Morgan fingerprint density at radius 3 is 2.95 bits per heavy atom. The number of benzene rings is 1. The maximum atomic E-state index is 11.8. The minimum absolute atomic E-state index is 0.0483. The molecule has 1 aliphatic rings. The van der Waals surface area contributed by atoms with Crippen molar-refractivity contribution >= 4 is 23.2 Å². The Morgan fingerprint density at radius 1 is 1.50 bits per heavy atom. The molecule has 1 aliphatic heterocycles. The lowest BCUT2D eigenvalue weighted by Crippen LogP contribution is -2.24. The zero-order valence-corrected chi connectivity index (χ0v) is 11.8. The number of hydrogen-bond acceptors (Lipinski definition) is 3. The molecule has 0 saturated carbocycles. The molecule has 1 unspecified atom stereocenters. The van der Waals surface area contributed by atoms with Gasteiger partial charge >= 0.3 is 0 Å². The molecule has 0 aliphatic carbocycles. The second kappa shape index (κ2) is 6.52. The van der Waals surface area contributed by atoms with Crippen LogP contribution in [0.5, 0.6) is 0 Å². The number of carbonyl (C=O) groups excluding carboxylic acids is 2. The van der Waals surface area contributed by atoms with E-state index in [1.165, 1.54) is 0 Å². The van der Waals surface area contributed by atoms with E-state index in [2.05, 4.69) is 5.32 Å². The molecule has 0 aromatic heterocycles. The van der Waals surface area contributed by atoms with Crippen LogP contribution in [0.25, 0.3) is 0 Å². The van der Waals surface area contributed by atoms with E-state index in [-0.39, 0.29) is 17.7 Å². The SMILES string of the molecule is CC(CN)CC(=O)Nc1cccc(N2CCCC2=O)c1. The number of nitrogens with two attached hydrogens (primary N) is 1. The van der Waals surface area contributed by atoms with Crippen LogP contribution in [0.2, 0.25) is 0 Å². The van der Waals surface area contributed by atoms with Gasteiger partial charge in [-0.05, 0) is 37.1 Å². The molecule has 1 atom stereocenters. The highest BCUT2D eigenvalue weighted by Crippen LogP contribution is 2.24. The lowest BCUT2D eigenvalue weighted by Gasteiger charge is -2.17. The van der Waals surface area contributed by atoms with E-state index in [9.17, 15) is 9.59 Å². The van der Waals surface area contributed by atoms with Gasteiger partial charge in [-0.3, -0.25) is 9.59 Å². The Kier molecular flexibility index (Phi) is 4.74. The number of amides is 2. The fourth-order valence-electron chi connectivity index (χ4n) is 2.28. The van der Waals surface area contributed by atoms with E-state index >= 15 is 0 Å². The summed E-state index contributed by atoms with van der Waals surface area (Å²) in [4.78, 5) is 25.3. The smallest absolute Gasteiger partial charge is 0.227 e. The standard InChI is InChI=1S/C15H21N3O2/c1-11(10-16)8-14(19)17-12-4-2-5-13(9-12)18-7-3-6-15(18)20/h2,4-5,9,11H,3,6-8,10,16H2,1H3,(H,17,19). The Balaban J connectivity index is 2.02. The van der Waals surface area contributed by atoms with Gasteiger partial charge in [0.15, 0.2) is 0 Å². The predicted molar refractivity (Wildman–Crippen MR) is 79.5 cm³/mol. The number of nitrogens with zero attached hydrogens (tertiary/aromatic N) is 1. The van der Waals surface area contributed by atoms with Gasteiger partial charge in [0.05, 0.1) is 0 Å². The van der Waals surface area contributed by atoms with Gasteiger partial charge in [-0.1, -0.05) is 13.0 Å². The van der Waals surface area contributed by atoms with E-state index in [0.29, 0.717) is 19.4 Å². The highest BCUT2D eigenvalue weighted by Gasteiger charge is 2.21. The maximum Gasteiger partial charge on any atom is 0.227 e. The highest BCUT2D eigenvalue weighted by atomic mass is 16.2. The minimum atomic E-state index is -0.0483.